The van der Waals surface area contributed by atoms with E-state index in [0.29, 0.717) is 11.5 Å². The molecule has 0 aromatic heterocycles. The number of rotatable bonds is 7. The Labute approximate surface area is 145 Å². The predicted molar refractivity (Wildman–Crippen MR) is 96.7 cm³/mol. The Morgan fingerprint density at radius 3 is 2.42 bits per heavy atom. The summed E-state index contributed by atoms with van der Waals surface area (Å²) in [5.74, 6) is 0.446. The minimum absolute atomic E-state index is 0.0563. The van der Waals surface area contributed by atoms with Crippen LogP contribution in [0.3, 0.4) is 0 Å². The summed E-state index contributed by atoms with van der Waals surface area (Å²) in [6.07, 6.45) is 7.08. The third-order valence-corrected chi connectivity index (χ3v) is 5.11. The Bertz CT molecular complexity index is 524. The van der Waals surface area contributed by atoms with Gasteiger partial charge < -0.3 is 10.6 Å². The largest absolute Gasteiger partial charge is 0.354 e. The van der Waals surface area contributed by atoms with Crippen molar-refractivity contribution in [3.63, 3.8) is 0 Å². The van der Waals surface area contributed by atoms with Gasteiger partial charge in [0.1, 0.15) is 6.04 Å². The smallest absolute Gasteiger partial charge is 0.251 e. The Morgan fingerprint density at radius 2 is 1.79 bits per heavy atom. The quantitative estimate of drug-likeness (QED) is 0.803. The molecule has 1 aliphatic rings. The number of benzene rings is 1. The zero-order chi connectivity index (χ0) is 17.4. The van der Waals surface area contributed by atoms with E-state index in [-0.39, 0.29) is 17.7 Å². The molecule has 1 fully saturated rings. The van der Waals surface area contributed by atoms with Gasteiger partial charge in [-0.15, -0.1) is 0 Å². The molecular formula is C20H30N2O2. The molecule has 0 bridgehead atoms. The predicted octanol–water partition coefficient (Wildman–Crippen LogP) is 3.53. The molecule has 0 aliphatic heterocycles. The van der Waals surface area contributed by atoms with Crippen LogP contribution in [0.5, 0.6) is 0 Å². The second-order valence-electron chi connectivity index (χ2n) is 6.95. The molecule has 2 N–H and O–H groups in total. The second-order valence-corrected chi connectivity index (χ2v) is 6.95. The minimum Gasteiger partial charge on any atom is -0.354 e. The summed E-state index contributed by atoms with van der Waals surface area (Å²) < 4.78 is 0. The maximum Gasteiger partial charge on any atom is 0.251 e. The molecular weight excluding hydrogens is 300 g/mol. The Morgan fingerprint density at radius 1 is 1.12 bits per heavy atom. The summed E-state index contributed by atoms with van der Waals surface area (Å²) in [6, 6.07) is 8.59. The van der Waals surface area contributed by atoms with Gasteiger partial charge in [0.15, 0.2) is 0 Å². The molecule has 4 heteroatoms. The van der Waals surface area contributed by atoms with Crippen LogP contribution in [-0.2, 0) is 4.79 Å². The van der Waals surface area contributed by atoms with Crippen molar-refractivity contribution in [3.8, 4) is 0 Å². The van der Waals surface area contributed by atoms with Gasteiger partial charge >= 0.3 is 0 Å². The van der Waals surface area contributed by atoms with Gasteiger partial charge in [-0.3, -0.25) is 9.59 Å². The van der Waals surface area contributed by atoms with Crippen molar-refractivity contribution in [2.45, 2.75) is 58.4 Å². The van der Waals surface area contributed by atoms with Crippen molar-refractivity contribution in [2.75, 3.05) is 6.54 Å². The summed E-state index contributed by atoms with van der Waals surface area (Å²) in [7, 11) is 0. The van der Waals surface area contributed by atoms with Crippen molar-refractivity contribution in [1.29, 1.82) is 0 Å². The van der Waals surface area contributed by atoms with Gasteiger partial charge in [-0.05, 0) is 36.8 Å². The highest BCUT2D eigenvalue weighted by Crippen LogP contribution is 2.22. The molecule has 0 spiro atoms. The molecule has 1 aliphatic carbocycles. The normalized spacial score (nSPS) is 17.8. The molecule has 0 unspecified atom stereocenters. The van der Waals surface area contributed by atoms with Gasteiger partial charge in [0.2, 0.25) is 5.91 Å². The fourth-order valence-electron chi connectivity index (χ4n) is 3.26. The van der Waals surface area contributed by atoms with E-state index in [9.17, 15) is 9.59 Å². The van der Waals surface area contributed by atoms with Crippen LogP contribution >= 0.6 is 0 Å². The molecule has 1 saturated carbocycles. The molecule has 1 aromatic rings. The number of carbonyl (C=O) groups is 2. The first-order chi connectivity index (χ1) is 11.6. The maximum atomic E-state index is 12.6. The summed E-state index contributed by atoms with van der Waals surface area (Å²) in [4.78, 5) is 25.0. The van der Waals surface area contributed by atoms with Gasteiger partial charge in [-0.25, -0.2) is 0 Å². The lowest BCUT2D eigenvalue weighted by atomic mass is 9.89. The van der Waals surface area contributed by atoms with E-state index in [1.54, 1.807) is 12.1 Å². The fraction of sp³-hybridized carbons (Fsp3) is 0.600. The first-order valence-corrected chi connectivity index (χ1v) is 9.25. The Balaban J connectivity index is 1.93. The maximum absolute atomic E-state index is 12.6. The molecule has 0 heterocycles. The van der Waals surface area contributed by atoms with Crippen molar-refractivity contribution >= 4 is 11.8 Å². The van der Waals surface area contributed by atoms with Crippen LogP contribution in [-0.4, -0.2) is 24.4 Å². The molecule has 132 valence electrons. The minimum atomic E-state index is -0.480. The molecule has 24 heavy (non-hydrogen) atoms. The van der Waals surface area contributed by atoms with Gasteiger partial charge in [-0.2, -0.15) is 0 Å². The van der Waals surface area contributed by atoms with E-state index in [4.69, 9.17) is 0 Å². The van der Waals surface area contributed by atoms with Crippen molar-refractivity contribution in [1.82, 2.24) is 10.6 Å². The van der Waals surface area contributed by atoms with Gasteiger partial charge in [0.05, 0.1) is 0 Å². The third kappa shape index (κ3) is 5.36. The van der Waals surface area contributed by atoms with Crippen LogP contribution in [0.1, 0.15) is 62.7 Å². The molecule has 2 amide bonds. The fourth-order valence-corrected chi connectivity index (χ4v) is 3.26. The summed E-state index contributed by atoms with van der Waals surface area (Å²) in [5.41, 5.74) is 0.589. The zero-order valence-electron chi connectivity index (χ0n) is 14.9. The van der Waals surface area contributed by atoms with E-state index >= 15 is 0 Å². The SMILES string of the molecule is CC[C@H](C)[C@@H](NC(=O)c1ccccc1)C(=O)NCC1CCCCC1. The molecule has 4 nitrogen and oxygen atoms in total. The molecule has 1 aromatic carbocycles. The van der Waals surface area contributed by atoms with Crippen LogP contribution in [0.4, 0.5) is 0 Å². The topological polar surface area (TPSA) is 58.2 Å². The Hall–Kier alpha value is -1.84. The van der Waals surface area contributed by atoms with E-state index in [1.807, 2.05) is 32.0 Å². The van der Waals surface area contributed by atoms with Crippen molar-refractivity contribution < 1.29 is 9.59 Å². The van der Waals surface area contributed by atoms with Crippen LogP contribution in [0, 0.1) is 11.8 Å². The zero-order valence-corrected chi connectivity index (χ0v) is 14.9. The van der Waals surface area contributed by atoms with Crippen LogP contribution in [0.15, 0.2) is 30.3 Å². The lowest BCUT2D eigenvalue weighted by Gasteiger charge is -2.26. The number of amides is 2. The van der Waals surface area contributed by atoms with Gasteiger partial charge in [0.25, 0.3) is 5.91 Å². The van der Waals surface area contributed by atoms with Crippen molar-refractivity contribution in [3.05, 3.63) is 35.9 Å². The lowest BCUT2D eigenvalue weighted by Crippen LogP contribution is -2.51. The summed E-state index contributed by atoms with van der Waals surface area (Å²) >= 11 is 0. The Kier molecular flexibility index (Phi) is 7.29. The van der Waals surface area contributed by atoms with E-state index in [0.717, 1.165) is 13.0 Å². The highest BCUT2D eigenvalue weighted by molar-refractivity contribution is 5.97. The molecule has 0 saturated heterocycles. The lowest BCUT2D eigenvalue weighted by molar-refractivity contribution is -0.124. The third-order valence-electron chi connectivity index (χ3n) is 5.11. The molecule has 2 rings (SSSR count). The van der Waals surface area contributed by atoms with Crippen molar-refractivity contribution in [2.24, 2.45) is 11.8 Å². The van der Waals surface area contributed by atoms with Crippen LogP contribution in [0.2, 0.25) is 0 Å². The monoisotopic (exact) mass is 330 g/mol. The first kappa shape index (κ1) is 18.5. The van der Waals surface area contributed by atoms with E-state index in [1.165, 1.54) is 32.1 Å². The first-order valence-electron chi connectivity index (χ1n) is 9.25. The standard InChI is InChI=1S/C20H30N2O2/c1-3-15(2)18(22-19(23)17-12-8-5-9-13-17)20(24)21-14-16-10-6-4-7-11-16/h5,8-9,12-13,15-16,18H,3-4,6-7,10-11,14H2,1-2H3,(H,21,24)(H,22,23)/t15-,18+/m0/s1. The van der Waals surface area contributed by atoms with Crippen LogP contribution in [0.25, 0.3) is 0 Å². The number of hydrogen-bond donors (Lipinski definition) is 2. The number of hydrogen-bond acceptors (Lipinski definition) is 2. The van der Waals surface area contributed by atoms with E-state index < -0.39 is 6.04 Å². The van der Waals surface area contributed by atoms with Gasteiger partial charge in [0, 0.05) is 12.1 Å². The van der Waals surface area contributed by atoms with Gasteiger partial charge in [-0.1, -0.05) is 57.7 Å². The summed E-state index contributed by atoms with van der Waals surface area (Å²) in [6.45, 7) is 4.78. The highest BCUT2D eigenvalue weighted by Gasteiger charge is 2.26. The van der Waals surface area contributed by atoms with E-state index in [2.05, 4.69) is 10.6 Å². The second kappa shape index (κ2) is 9.45. The number of carbonyl (C=O) groups excluding carboxylic acids is 2. The molecule has 0 radical (unpaired) electrons. The molecule has 2 atom stereocenters. The summed E-state index contributed by atoms with van der Waals surface area (Å²) in [5, 5.41) is 5.99. The highest BCUT2D eigenvalue weighted by atomic mass is 16.2. The average Bonchev–Trinajstić information content (AvgIpc) is 2.65. The average molecular weight is 330 g/mol. The van der Waals surface area contributed by atoms with Crippen LogP contribution < -0.4 is 10.6 Å². The number of nitrogens with one attached hydrogen (secondary N) is 2.